The molecule has 0 amide bonds. The Bertz CT molecular complexity index is 50.5. The molecule has 0 aliphatic carbocycles. The summed E-state index contributed by atoms with van der Waals surface area (Å²) < 4.78 is 1.49. The molecular weight excluding hydrogens is 218 g/mol. The monoisotopic (exact) mass is 236 g/mol. The fourth-order valence-electron chi connectivity index (χ4n) is 0.874. The van der Waals surface area contributed by atoms with Crippen molar-refractivity contribution in [1.29, 1.82) is 0 Å². The van der Waals surface area contributed by atoms with Crippen molar-refractivity contribution in [2.75, 3.05) is 0 Å². The second kappa shape index (κ2) is 6.93. The van der Waals surface area contributed by atoms with Gasteiger partial charge in [-0.3, -0.25) is 0 Å². The van der Waals surface area contributed by atoms with E-state index < -0.39 is 0 Å². The second-order valence-corrected chi connectivity index (χ2v) is 4.68. The van der Waals surface area contributed by atoms with E-state index in [1.54, 1.807) is 0 Å². The Morgan fingerprint density at radius 1 is 1.11 bits per heavy atom. The summed E-state index contributed by atoms with van der Waals surface area (Å²) in [6.07, 6.45) is 5.84. The molecule has 0 atom stereocenters. The van der Waals surface area contributed by atoms with Gasteiger partial charge in [0.2, 0.25) is 0 Å². The van der Waals surface area contributed by atoms with Crippen molar-refractivity contribution < 1.29 is 0 Å². The standard InChI is InChI=1S/C8H17.Sb.2H/c1-4-5-6-7-8(2)3;;;/h8H,1,4-7H2,2-3H3;;;. The summed E-state index contributed by atoms with van der Waals surface area (Å²) in [5, 5.41) is 0. The fourth-order valence-corrected chi connectivity index (χ4v) is 1.70. The first-order valence-corrected chi connectivity index (χ1v) is 6.30. The van der Waals surface area contributed by atoms with Crippen LogP contribution in [0.4, 0.5) is 0 Å². The second-order valence-electron chi connectivity index (χ2n) is 3.03. The summed E-state index contributed by atoms with van der Waals surface area (Å²) >= 11 is 1.46. The van der Waals surface area contributed by atoms with Crippen molar-refractivity contribution in [3.8, 4) is 0 Å². The van der Waals surface area contributed by atoms with Gasteiger partial charge in [0.25, 0.3) is 0 Å². The van der Waals surface area contributed by atoms with Crippen LogP contribution in [-0.2, 0) is 0 Å². The first kappa shape index (κ1) is 9.82. The van der Waals surface area contributed by atoms with Crippen molar-refractivity contribution in [3.05, 3.63) is 0 Å². The molecule has 0 fully saturated rings. The molecule has 0 spiro atoms. The van der Waals surface area contributed by atoms with Gasteiger partial charge in [-0.05, 0) is 0 Å². The summed E-state index contributed by atoms with van der Waals surface area (Å²) in [7, 11) is 0. The van der Waals surface area contributed by atoms with Gasteiger partial charge >= 0.3 is 72.8 Å². The fraction of sp³-hybridized carbons (Fsp3) is 1.00. The molecule has 0 rings (SSSR count). The van der Waals surface area contributed by atoms with Gasteiger partial charge in [-0.25, -0.2) is 0 Å². The molecule has 0 aromatic rings. The maximum absolute atomic E-state index is 2.31. The number of hydrogen-bond acceptors (Lipinski definition) is 0. The molecule has 0 aliphatic heterocycles. The number of unbranched alkanes of at least 4 members (excludes halogenated alkanes) is 2. The van der Waals surface area contributed by atoms with E-state index in [0.29, 0.717) is 0 Å². The summed E-state index contributed by atoms with van der Waals surface area (Å²) in [5.41, 5.74) is 0. The van der Waals surface area contributed by atoms with Crippen LogP contribution >= 0.6 is 0 Å². The molecule has 0 aliphatic rings. The predicted molar refractivity (Wildman–Crippen MR) is 46.7 cm³/mol. The van der Waals surface area contributed by atoms with E-state index in [1.165, 1.54) is 53.1 Å². The molecule has 0 saturated heterocycles. The molecule has 0 heterocycles. The van der Waals surface area contributed by atoms with Crippen LogP contribution in [0.1, 0.15) is 39.5 Å². The summed E-state index contributed by atoms with van der Waals surface area (Å²) in [5.74, 6) is 0.915. The molecule has 0 aromatic heterocycles. The van der Waals surface area contributed by atoms with E-state index in [4.69, 9.17) is 0 Å². The zero-order valence-corrected chi connectivity index (χ0v) is 9.99. The van der Waals surface area contributed by atoms with Gasteiger partial charge in [0.1, 0.15) is 0 Å². The summed E-state index contributed by atoms with van der Waals surface area (Å²) in [6.45, 7) is 4.61. The summed E-state index contributed by atoms with van der Waals surface area (Å²) in [4.78, 5) is 0. The maximum atomic E-state index is 2.31. The third-order valence-corrected chi connectivity index (χ3v) is 2.65. The molecule has 0 unspecified atom stereocenters. The Labute approximate surface area is 72.9 Å². The average molecular weight is 237 g/mol. The molecule has 0 saturated carbocycles. The molecule has 0 radical (unpaired) electrons. The van der Waals surface area contributed by atoms with Gasteiger partial charge in [-0.1, -0.05) is 0 Å². The number of rotatable bonds is 5. The Morgan fingerprint density at radius 2 is 1.78 bits per heavy atom. The molecule has 1 heteroatoms. The van der Waals surface area contributed by atoms with E-state index in [2.05, 4.69) is 13.8 Å². The van der Waals surface area contributed by atoms with E-state index in [1.807, 2.05) is 0 Å². The van der Waals surface area contributed by atoms with Crippen molar-refractivity contribution in [3.63, 3.8) is 0 Å². The van der Waals surface area contributed by atoms with E-state index in [9.17, 15) is 0 Å². The Kier molecular flexibility index (Phi) is 7.56. The van der Waals surface area contributed by atoms with Crippen molar-refractivity contribution in [2.24, 2.45) is 5.92 Å². The van der Waals surface area contributed by atoms with Crippen LogP contribution in [-0.4, -0.2) is 23.0 Å². The van der Waals surface area contributed by atoms with Crippen LogP contribution in [0.25, 0.3) is 0 Å². The van der Waals surface area contributed by atoms with E-state index in [0.717, 1.165) is 5.92 Å². The van der Waals surface area contributed by atoms with Crippen LogP contribution in [0.3, 0.4) is 0 Å². The normalized spacial score (nSPS) is 10.7. The van der Waals surface area contributed by atoms with Crippen LogP contribution < -0.4 is 0 Å². The minimum atomic E-state index is 0.915. The molecular formula is C8H19Sb. The predicted octanol–water partition coefficient (Wildman–Crippen LogP) is 2.25. The molecule has 56 valence electrons. The first-order valence-electron chi connectivity index (χ1n) is 3.97. The van der Waals surface area contributed by atoms with Gasteiger partial charge in [-0.2, -0.15) is 0 Å². The minimum absolute atomic E-state index is 0.915. The number of hydrogen-bond donors (Lipinski definition) is 0. The summed E-state index contributed by atoms with van der Waals surface area (Å²) in [6, 6.07) is 0. The Hall–Kier alpha value is 0.818. The van der Waals surface area contributed by atoms with Crippen molar-refractivity contribution in [1.82, 2.24) is 0 Å². The molecule has 9 heavy (non-hydrogen) atoms. The Morgan fingerprint density at radius 3 is 2.22 bits per heavy atom. The van der Waals surface area contributed by atoms with Gasteiger partial charge in [0, 0.05) is 0 Å². The van der Waals surface area contributed by atoms with Gasteiger partial charge < -0.3 is 0 Å². The Balaban J connectivity index is 2.75. The quantitative estimate of drug-likeness (QED) is 0.508. The average Bonchev–Trinajstić information content (AvgIpc) is 1.80. The first-order chi connectivity index (χ1) is 4.27. The molecule has 0 aromatic carbocycles. The van der Waals surface area contributed by atoms with Crippen LogP contribution in [0.2, 0.25) is 4.37 Å². The molecule has 0 N–H and O–H groups in total. The van der Waals surface area contributed by atoms with Crippen molar-refractivity contribution in [2.45, 2.75) is 43.9 Å². The zero-order valence-electron chi connectivity index (χ0n) is 6.69. The third-order valence-electron chi connectivity index (χ3n) is 1.49. The topological polar surface area (TPSA) is 0 Å². The van der Waals surface area contributed by atoms with Gasteiger partial charge in [-0.15, -0.1) is 0 Å². The molecule has 0 bridgehead atoms. The third kappa shape index (κ3) is 8.82. The van der Waals surface area contributed by atoms with Crippen molar-refractivity contribution >= 4 is 23.0 Å². The van der Waals surface area contributed by atoms with E-state index in [-0.39, 0.29) is 0 Å². The zero-order chi connectivity index (χ0) is 7.11. The van der Waals surface area contributed by atoms with E-state index >= 15 is 0 Å². The van der Waals surface area contributed by atoms with Crippen LogP contribution in [0.15, 0.2) is 0 Å². The van der Waals surface area contributed by atoms with Crippen LogP contribution in [0.5, 0.6) is 0 Å². The van der Waals surface area contributed by atoms with Gasteiger partial charge in [0.15, 0.2) is 0 Å². The molecule has 0 nitrogen and oxygen atoms in total. The van der Waals surface area contributed by atoms with Crippen LogP contribution in [0, 0.1) is 5.92 Å². The van der Waals surface area contributed by atoms with Gasteiger partial charge in [0.05, 0.1) is 0 Å². The SMILES string of the molecule is CC(C)CCCC[CH2][SbH2].